The van der Waals surface area contributed by atoms with Gasteiger partial charge in [0.2, 0.25) is 6.79 Å². The maximum atomic E-state index is 14.2. The Kier molecular flexibility index (Phi) is 4.73. The van der Waals surface area contributed by atoms with E-state index in [0.29, 0.717) is 34.8 Å². The molecule has 5 rings (SSSR count). The molecule has 2 aromatic rings. The van der Waals surface area contributed by atoms with Gasteiger partial charge in [0.05, 0.1) is 5.69 Å². The van der Waals surface area contributed by atoms with Crippen molar-refractivity contribution in [2.24, 2.45) is 0 Å². The van der Waals surface area contributed by atoms with Gasteiger partial charge in [-0.15, -0.1) is 0 Å². The quantitative estimate of drug-likeness (QED) is 0.780. The molecule has 2 aliphatic heterocycles. The number of ketones is 1. The molecule has 7 heteroatoms. The summed E-state index contributed by atoms with van der Waals surface area (Å²) in [6, 6.07) is 11.5. The van der Waals surface area contributed by atoms with Crippen LogP contribution in [0.15, 0.2) is 65.0 Å². The molecule has 0 radical (unpaired) electrons. The van der Waals surface area contributed by atoms with Crippen molar-refractivity contribution >= 4 is 17.4 Å². The number of carbonyl (C=O) groups is 2. The summed E-state index contributed by atoms with van der Waals surface area (Å²) in [5.74, 6) is -0.341. The van der Waals surface area contributed by atoms with Crippen LogP contribution in [0.3, 0.4) is 0 Å². The van der Waals surface area contributed by atoms with E-state index >= 15 is 0 Å². The average Bonchev–Trinajstić information content (AvgIpc) is 3.22. The van der Waals surface area contributed by atoms with Gasteiger partial charge in [0.15, 0.2) is 17.3 Å². The fourth-order valence-corrected chi connectivity index (χ4v) is 4.46. The Balaban J connectivity index is 1.60. The molecule has 0 fully saturated rings. The minimum atomic E-state index is -0.578. The Morgan fingerprint density at radius 2 is 1.94 bits per heavy atom. The molecule has 2 heterocycles. The number of allylic oxidation sites excluding steroid dienone is 3. The van der Waals surface area contributed by atoms with E-state index < -0.39 is 17.6 Å². The minimum Gasteiger partial charge on any atom is -0.454 e. The number of Topliss-reactive ketones (excluding diaryl/α,β-unsaturated/α-hetero) is 1. The normalized spacial score (nSPS) is 19.8. The van der Waals surface area contributed by atoms with Crippen LogP contribution in [0.25, 0.3) is 0 Å². The van der Waals surface area contributed by atoms with Crippen LogP contribution < -0.4 is 20.1 Å². The van der Waals surface area contributed by atoms with Crippen molar-refractivity contribution in [3.8, 4) is 11.5 Å². The smallest absolute Gasteiger partial charge is 0.254 e. The second-order valence-corrected chi connectivity index (χ2v) is 7.81. The summed E-state index contributed by atoms with van der Waals surface area (Å²) in [6.07, 6.45) is 1.94. The first kappa shape index (κ1) is 19.4. The Labute approximate surface area is 178 Å². The molecule has 0 aromatic heterocycles. The van der Waals surface area contributed by atoms with Crippen LogP contribution >= 0.6 is 0 Å². The topological polar surface area (TPSA) is 76.7 Å². The summed E-state index contributed by atoms with van der Waals surface area (Å²) in [6.45, 7) is 1.94. The second kappa shape index (κ2) is 7.58. The lowest BCUT2D eigenvalue weighted by Crippen LogP contribution is -2.35. The molecule has 0 saturated heterocycles. The summed E-state index contributed by atoms with van der Waals surface area (Å²) in [5, 5.41) is 5.93. The van der Waals surface area contributed by atoms with Crippen LogP contribution in [0.4, 0.5) is 10.1 Å². The maximum absolute atomic E-state index is 14.2. The molecule has 0 spiro atoms. The third-order valence-electron chi connectivity index (χ3n) is 5.87. The van der Waals surface area contributed by atoms with E-state index in [1.165, 1.54) is 12.1 Å². The van der Waals surface area contributed by atoms with Gasteiger partial charge in [-0.05, 0) is 49.6 Å². The van der Waals surface area contributed by atoms with E-state index in [0.717, 1.165) is 24.1 Å². The highest BCUT2D eigenvalue weighted by molar-refractivity contribution is 6.09. The second-order valence-electron chi connectivity index (χ2n) is 7.81. The molecule has 1 amide bonds. The standard InChI is InChI=1S/C24H21FN2O4/c1-13-21(24(29)27-16-6-3-2-5-15(16)25)22(23-17(26-13)7-4-8-18(23)28)14-9-10-19-20(11-14)31-12-30-19/h2-3,5-6,9-11,22,26H,4,7-8,12H2,1H3,(H,27,29)/t22-/m1/s1. The van der Waals surface area contributed by atoms with Crippen molar-refractivity contribution in [2.45, 2.75) is 32.1 Å². The molecule has 1 atom stereocenters. The van der Waals surface area contributed by atoms with Gasteiger partial charge in [-0.1, -0.05) is 18.2 Å². The number of rotatable bonds is 3. The van der Waals surface area contributed by atoms with Gasteiger partial charge < -0.3 is 20.1 Å². The highest BCUT2D eigenvalue weighted by Gasteiger charge is 2.39. The molecule has 0 saturated carbocycles. The Bertz CT molecular complexity index is 1170. The number of halogens is 1. The van der Waals surface area contributed by atoms with Gasteiger partial charge in [-0.2, -0.15) is 0 Å². The molecule has 6 nitrogen and oxygen atoms in total. The molecule has 158 valence electrons. The molecule has 1 aliphatic carbocycles. The van der Waals surface area contributed by atoms with Crippen LogP contribution in [0.1, 0.15) is 37.7 Å². The van der Waals surface area contributed by atoms with E-state index in [2.05, 4.69) is 10.6 Å². The molecular weight excluding hydrogens is 399 g/mol. The number of ether oxygens (including phenoxy) is 2. The van der Waals surface area contributed by atoms with Gasteiger partial charge in [0.25, 0.3) is 5.91 Å². The number of hydrogen-bond donors (Lipinski definition) is 2. The molecule has 2 N–H and O–H groups in total. The molecule has 3 aliphatic rings. The van der Waals surface area contributed by atoms with Crippen LogP contribution in [-0.4, -0.2) is 18.5 Å². The third kappa shape index (κ3) is 3.36. The van der Waals surface area contributed by atoms with Crippen LogP contribution in [0, 0.1) is 5.82 Å². The van der Waals surface area contributed by atoms with Gasteiger partial charge >= 0.3 is 0 Å². The van der Waals surface area contributed by atoms with Gasteiger partial charge in [-0.25, -0.2) is 4.39 Å². The minimum absolute atomic E-state index is 0.0140. The molecular formula is C24H21FN2O4. The van der Waals surface area contributed by atoms with Crippen molar-refractivity contribution in [1.29, 1.82) is 0 Å². The van der Waals surface area contributed by atoms with Crippen molar-refractivity contribution in [1.82, 2.24) is 5.32 Å². The highest BCUT2D eigenvalue weighted by atomic mass is 19.1. The lowest BCUT2D eigenvalue weighted by Gasteiger charge is -2.34. The molecule has 0 unspecified atom stereocenters. The highest BCUT2D eigenvalue weighted by Crippen LogP contribution is 2.45. The van der Waals surface area contributed by atoms with Gasteiger partial charge in [0, 0.05) is 34.9 Å². The molecule has 31 heavy (non-hydrogen) atoms. The van der Waals surface area contributed by atoms with Crippen molar-refractivity contribution in [3.63, 3.8) is 0 Å². The number of para-hydroxylation sites is 1. The van der Waals surface area contributed by atoms with Gasteiger partial charge in [0.1, 0.15) is 5.82 Å². The zero-order valence-corrected chi connectivity index (χ0v) is 17.0. The summed E-state index contributed by atoms with van der Waals surface area (Å²) >= 11 is 0. The van der Waals surface area contributed by atoms with E-state index in [4.69, 9.17) is 9.47 Å². The molecule has 0 bridgehead atoms. The average molecular weight is 420 g/mol. The number of nitrogens with one attached hydrogen (secondary N) is 2. The summed E-state index contributed by atoms with van der Waals surface area (Å²) < 4.78 is 25.1. The van der Waals surface area contributed by atoms with Crippen molar-refractivity contribution in [3.05, 3.63) is 76.4 Å². The largest absolute Gasteiger partial charge is 0.454 e. The monoisotopic (exact) mass is 420 g/mol. The van der Waals surface area contributed by atoms with E-state index in [1.807, 2.05) is 12.1 Å². The van der Waals surface area contributed by atoms with Gasteiger partial charge in [-0.3, -0.25) is 9.59 Å². The number of amides is 1. The number of anilines is 1. The first-order valence-electron chi connectivity index (χ1n) is 10.2. The van der Waals surface area contributed by atoms with Crippen molar-refractivity contribution < 1.29 is 23.5 Å². The first-order valence-corrected chi connectivity index (χ1v) is 10.2. The maximum Gasteiger partial charge on any atom is 0.254 e. The van der Waals surface area contributed by atoms with Crippen molar-refractivity contribution in [2.75, 3.05) is 12.1 Å². The fourth-order valence-electron chi connectivity index (χ4n) is 4.46. The fraction of sp³-hybridized carbons (Fsp3) is 0.250. The Morgan fingerprint density at radius 3 is 2.77 bits per heavy atom. The van der Waals surface area contributed by atoms with Crippen LogP contribution in [0.2, 0.25) is 0 Å². The zero-order valence-electron chi connectivity index (χ0n) is 17.0. The first-order chi connectivity index (χ1) is 15.0. The number of dihydropyridines is 1. The molecule has 2 aromatic carbocycles. The summed E-state index contributed by atoms with van der Waals surface area (Å²) in [7, 11) is 0. The van der Waals surface area contributed by atoms with Crippen LogP contribution in [-0.2, 0) is 9.59 Å². The summed E-state index contributed by atoms with van der Waals surface area (Å²) in [4.78, 5) is 26.3. The van der Waals surface area contributed by atoms with Crippen LogP contribution in [0.5, 0.6) is 11.5 Å². The van der Waals surface area contributed by atoms with E-state index in [1.54, 1.807) is 25.1 Å². The predicted octanol–water partition coefficient (Wildman–Crippen LogP) is 4.16. The number of fused-ring (bicyclic) bond motifs is 1. The van der Waals surface area contributed by atoms with E-state index in [-0.39, 0.29) is 18.3 Å². The number of hydrogen-bond acceptors (Lipinski definition) is 5. The lowest BCUT2D eigenvalue weighted by atomic mass is 9.75. The SMILES string of the molecule is CC1=C(C(=O)Nc2ccccc2F)[C@@H](c2ccc3c(c2)OCO3)C2=C(CCCC2=O)N1. The zero-order chi connectivity index (χ0) is 21.5. The Morgan fingerprint density at radius 1 is 1.13 bits per heavy atom. The lowest BCUT2D eigenvalue weighted by molar-refractivity contribution is -0.116. The predicted molar refractivity (Wildman–Crippen MR) is 112 cm³/mol. The third-order valence-corrected chi connectivity index (χ3v) is 5.87. The number of carbonyl (C=O) groups excluding carboxylic acids is 2. The number of benzene rings is 2. The summed E-state index contributed by atoms with van der Waals surface area (Å²) in [5.41, 5.74) is 3.31. The van der Waals surface area contributed by atoms with E-state index in [9.17, 15) is 14.0 Å². The Hall–Kier alpha value is -3.61.